The Labute approximate surface area is 200 Å². The van der Waals surface area contributed by atoms with Gasteiger partial charge in [0.05, 0.1) is 31.9 Å². The van der Waals surface area contributed by atoms with Gasteiger partial charge in [-0.15, -0.1) is 11.3 Å². The van der Waals surface area contributed by atoms with Crippen LogP contribution in [-0.4, -0.2) is 66.8 Å². The minimum atomic E-state index is -0.960. The minimum absolute atomic E-state index is 0.0458. The number of esters is 1. The van der Waals surface area contributed by atoms with Crippen LogP contribution in [0.3, 0.4) is 0 Å². The molecular weight excluding hydrogens is 467 g/mol. The van der Waals surface area contributed by atoms with Gasteiger partial charge >= 0.3 is 5.97 Å². The molecule has 5 rings (SSSR count). The number of hydrogen-bond acceptors (Lipinski definition) is 8. The molecule has 3 unspecified atom stereocenters. The summed E-state index contributed by atoms with van der Waals surface area (Å²) in [6, 6.07) is 4.60. The van der Waals surface area contributed by atoms with Gasteiger partial charge in [-0.3, -0.25) is 9.89 Å². The van der Waals surface area contributed by atoms with Crippen LogP contribution in [0.25, 0.3) is 0 Å². The molecule has 3 aliphatic rings. The first-order valence-electron chi connectivity index (χ1n) is 10.8. The van der Waals surface area contributed by atoms with Crippen LogP contribution in [0, 0.1) is 6.92 Å². The summed E-state index contributed by atoms with van der Waals surface area (Å²) in [7, 11) is 1.34. The predicted molar refractivity (Wildman–Crippen MR) is 124 cm³/mol. The van der Waals surface area contributed by atoms with Crippen molar-refractivity contribution in [1.82, 2.24) is 15.2 Å². The number of rotatable bonds is 5. The van der Waals surface area contributed by atoms with Gasteiger partial charge in [-0.05, 0) is 25.0 Å². The highest BCUT2D eigenvalue weighted by Crippen LogP contribution is 2.38. The lowest BCUT2D eigenvalue weighted by Gasteiger charge is -2.37. The zero-order valence-electron chi connectivity index (χ0n) is 18.3. The van der Waals surface area contributed by atoms with E-state index < -0.39 is 18.2 Å². The van der Waals surface area contributed by atoms with Crippen LogP contribution in [0.5, 0.6) is 0 Å². The van der Waals surface area contributed by atoms with E-state index in [1.165, 1.54) is 18.4 Å². The number of hydrogen-bond donors (Lipinski definition) is 1. The van der Waals surface area contributed by atoms with Crippen molar-refractivity contribution in [3.05, 3.63) is 62.2 Å². The molecule has 1 aromatic carbocycles. The van der Waals surface area contributed by atoms with Gasteiger partial charge in [0.25, 0.3) is 0 Å². The number of aromatic nitrogens is 1. The number of amidine groups is 1. The van der Waals surface area contributed by atoms with Crippen molar-refractivity contribution in [2.45, 2.75) is 37.6 Å². The fourth-order valence-corrected chi connectivity index (χ4v) is 5.67. The molecule has 1 N–H and O–H groups in total. The lowest BCUT2D eigenvalue weighted by Crippen LogP contribution is -2.50. The Hall–Kier alpha value is -2.33. The number of aliphatic imine (C=N–C) groups is 1. The number of halogens is 2. The van der Waals surface area contributed by atoms with Crippen molar-refractivity contribution in [1.29, 1.82) is 0 Å². The van der Waals surface area contributed by atoms with E-state index in [-0.39, 0.29) is 12.1 Å². The van der Waals surface area contributed by atoms with E-state index in [0.29, 0.717) is 58.9 Å². The number of carbonyl (C=O) groups excluding carboxylic acids is 1. The zero-order chi connectivity index (χ0) is 23.1. The maximum absolute atomic E-state index is 14.6. The van der Waals surface area contributed by atoms with E-state index in [0.717, 1.165) is 5.56 Å². The fraction of sp³-hybridized carbons (Fsp3) is 0.435. The summed E-state index contributed by atoms with van der Waals surface area (Å²) >= 11 is 8.05. The summed E-state index contributed by atoms with van der Waals surface area (Å²) < 4.78 is 25.4. The molecule has 2 saturated heterocycles. The monoisotopic (exact) mass is 490 g/mol. The lowest BCUT2D eigenvalue weighted by molar-refractivity contribution is -0.136. The normalized spacial score (nSPS) is 27.3. The molecule has 0 radical (unpaired) electrons. The Morgan fingerprint density at radius 3 is 2.97 bits per heavy atom. The molecule has 0 aliphatic carbocycles. The van der Waals surface area contributed by atoms with Gasteiger partial charge in [0.1, 0.15) is 12.2 Å². The molecule has 4 atom stereocenters. The Balaban J connectivity index is 1.61. The highest BCUT2D eigenvalue weighted by atomic mass is 35.5. The molecule has 7 nitrogen and oxygen atoms in total. The van der Waals surface area contributed by atoms with Gasteiger partial charge in [-0.25, -0.2) is 14.2 Å². The van der Waals surface area contributed by atoms with Crippen molar-refractivity contribution in [3.8, 4) is 0 Å². The van der Waals surface area contributed by atoms with Crippen molar-refractivity contribution in [2.75, 3.05) is 26.9 Å². The SMILES string of the molecule is COC(=O)C1=C(CN2C3COCC2C(F)C3)NC(c2nccs2)=N[C@H]1c1ccc(C)cc1Cl. The van der Waals surface area contributed by atoms with Crippen LogP contribution >= 0.6 is 22.9 Å². The van der Waals surface area contributed by atoms with Crippen LogP contribution in [0.15, 0.2) is 46.0 Å². The summed E-state index contributed by atoms with van der Waals surface area (Å²) in [5.41, 5.74) is 2.69. The van der Waals surface area contributed by atoms with Crippen molar-refractivity contribution < 1.29 is 18.7 Å². The number of ether oxygens (including phenoxy) is 2. The maximum atomic E-state index is 14.6. The number of alkyl halides is 1. The summed E-state index contributed by atoms with van der Waals surface area (Å²) in [5.74, 6) is 0.0465. The van der Waals surface area contributed by atoms with Crippen LogP contribution in [0.2, 0.25) is 5.02 Å². The fourth-order valence-electron chi connectivity index (χ4n) is 4.75. The molecule has 3 aliphatic heterocycles. The Morgan fingerprint density at radius 1 is 1.42 bits per heavy atom. The third-order valence-corrected chi connectivity index (χ3v) is 7.47. The second-order valence-corrected chi connectivity index (χ2v) is 9.74. The van der Waals surface area contributed by atoms with Crippen molar-refractivity contribution in [2.24, 2.45) is 4.99 Å². The molecule has 2 fully saturated rings. The van der Waals surface area contributed by atoms with Gasteiger partial charge in [0.2, 0.25) is 0 Å². The molecule has 0 saturated carbocycles. The van der Waals surface area contributed by atoms with Crippen LogP contribution in [0.4, 0.5) is 4.39 Å². The van der Waals surface area contributed by atoms with Gasteiger partial charge in [0, 0.05) is 40.4 Å². The van der Waals surface area contributed by atoms with Gasteiger partial charge in [0.15, 0.2) is 10.8 Å². The number of carbonyl (C=O) groups is 1. The number of benzene rings is 1. The van der Waals surface area contributed by atoms with E-state index >= 15 is 0 Å². The minimum Gasteiger partial charge on any atom is -0.466 e. The summed E-state index contributed by atoms with van der Waals surface area (Å²) in [4.78, 5) is 24.4. The predicted octanol–water partition coefficient (Wildman–Crippen LogP) is 3.43. The molecule has 10 heteroatoms. The number of nitrogens with zero attached hydrogens (tertiary/aromatic N) is 3. The topological polar surface area (TPSA) is 76.0 Å². The Morgan fingerprint density at radius 2 is 2.27 bits per heavy atom. The van der Waals surface area contributed by atoms with Gasteiger partial charge in [-0.2, -0.15) is 0 Å². The van der Waals surface area contributed by atoms with Crippen molar-refractivity contribution in [3.63, 3.8) is 0 Å². The Kier molecular flexibility index (Phi) is 6.22. The number of morpholine rings is 1. The number of thiazole rings is 1. The van der Waals surface area contributed by atoms with E-state index in [9.17, 15) is 9.18 Å². The molecule has 0 amide bonds. The van der Waals surface area contributed by atoms with Crippen LogP contribution in [0.1, 0.15) is 28.6 Å². The summed E-state index contributed by atoms with van der Waals surface area (Å²) in [5, 5.41) is 6.38. The lowest BCUT2D eigenvalue weighted by atomic mass is 9.94. The second-order valence-electron chi connectivity index (χ2n) is 8.43. The number of fused-ring (bicyclic) bond motifs is 2. The number of methoxy groups -OCH3 is 1. The molecule has 33 heavy (non-hydrogen) atoms. The Bertz CT molecular complexity index is 1120. The summed E-state index contributed by atoms with van der Waals surface area (Å²) in [6.45, 7) is 3.10. The molecule has 2 aromatic rings. The first-order valence-corrected chi connectivity index (χ1v) is 12.0. The highest BCUT2D eigenvalue weighted by molar-refractivity contribution is 7.11. The molecule has 174 valence electrons. The van der Waals surface area contributed by atoms with E-state index in [2.05, 4.69) is 15.2 Å². The van der Waals surface area contributed by atoms with E-state index in [4.69, 9.17) is 26.1 Å². The second kappa shape index (κ2) is 9.13. The maximum Gasteiger partial charge on any atom is 0.338 e. The standard InChI is InChI=1S/C23H24ClFN4O3S/c1-12-3-4-14(15(24)7-12)20-19(23(30)31-2)17(27-21(28-20)22-26-5-6-33-22)9-29-13-8-16(25)18(29)11-32-10-13/h3-7,13,16,18,20H,8-11H2,1-2H3,(H,27,28)/t13?,16?,18?,20-/m0/s1. The number of aryl methyl sites for hydroxylation is 1. The average molecular weight is 491 g/mol. The average Bonchev–Trinajstić information content (AvgIpc) is 3.38. The van der Waals surface area contributed by atoms with E-state index in [1.54, 1.807) is 6.20 Å². The molecule has 1 aromatic heterocycles. The largest absolute Gasteiger partial charge is 0.466 e. The first-order chi connectivity index (χ1) is 16.0. The molecule has 0 spiro atoms. The quantitative estimate of drug-likeness (QED) is 0.647. The smallest absolute Gasteiger partial charge is 0.338 e. The third kappa shape index (κ3) is 4.19. The molecular formula is C23H24ClFN4O3S. The molecule has 4 heterocycles. The van der Waals surface area contributed by atoms with E-state index in [1.807, 2.05) is 30.5 Å². The summed E-state index contributed by atoms with van der Waals surface area (Å²) in [6.07, 6.45) is 1.16. The first kappa shape index (κ1) is 22.5. The van der Waals surface area contributed by atoms with Crippen LogP contribution < -0.4 is 5.32 Å². The van der Waals surface area contributed by atoms with Crippen LogP contribution in [-0.2, 0) is 14.3 Å². The van der Waals surface area contributed by atoms with Gasteiger partial charge < -0.3 is 14.8 Å². The number of nitrogens with one attached hydrogen (secondary N) is 1. The van der Waals surface area contributed by atoms with Gasteiger partial charge in [-0.1, -0.05) is 23.7 Å². The third-order valence-electron chi connectivity index (χ3n) is 6.37. The highest BCUT2D eigenvalue weighted by Gasteiger charge is 2.46. The molecule has 2 bridgehead atoms. The van der Waals surface area contributed by atoms with Crippen molar-refractivity contribution >= 4 is 34.7 Å². The zero-order valence-corrected chi connectivity index (χ0v) is 19.8.